The van der Waals surface area contributed by atoms with Gasteiger partial charge < -0.3 is 10.2 Å². The molecule has 0 radical (unpaired) electrons. The van der Waals surface area contributed by atoms with E-state index in [1.807, 2.05) is 11.0 Å². The molecular weight excluding hydrogens is 470 g/mol. The van der Waals surface area contributed by atoms with Crippen molar-refractivity contribution in [2.45, 2.75) is 38.9 Å². The number of rotatable bonds is 8. The van der Waals surface area contributed by atoms with Gasteiger partial charge in [-0.15, -0.1) is 0 Å². The molecule has 3 aromatic carbocycles. The van der Waals surface area contributed by atoms with Crippen molar-refractivity contribution in [2.24, 2.45) is 0 Å². The van der Waals surface area contributed by atoms with Crippen LogP contribution in [0.2, 0.25) is 0 Å². The smallest absolute Gasteiger partial charge is 0.254 e. The Hall–Kier alpha value is -4.58. The highest BCUT2D eigenvalue weighted by atomic mass is 16.2. The molecule has 0 unspecified atom stereocenters. The molecule has 1 aliphatic rings. The maximum absolute atomic E-state index is 13.2. The minimum atomic E-state index is 0.0625. The Morgan fingerprint density at radius 3 is 2.50 bits per heavy atom. The predicted octanol–water partition coefficient (Wildman–Crippen LogP) is 6.42. The lowest BCUT2D eigenvalue weighted by atomic mass is 10.0. The summed E-state index contributed by atoms with van der Waals surface area (Å²) in [5.74, 6) is 0.879. The molecule has 0 spiro atoms. The van der Waals surface area contributed by atoms with Crippen LogP contribution < -0.4 is 5.32 Å². The van der Waals surface area contributed by atoms with E-state index in [0.29, 0.717) is 24.7 Å². The van der Waals surface area contributed by atoms with E-state index >= 15 is 0 Å². The second kappa shape index (κ2) is 10.4. The van der Waals surface area contributed by atoms with Crippen molar-refractivity contribution in [1.82, 2.24) is 19.9 Å². The number of amides is 1. The van der Waals surface area contributed by atoms with Gasteiger partial charge in [0.05, 0.1) is 5.52 Å². The van der Waals surface area contributed by atoms with Gasteiger partial charge in [-0.1, -0.05) is 54.1 Å². The Kier molecular flexibility index (Phi) is 6.53. The van der Waals surface area contributed by atoms with E-state index < -0.39 is 0 Å². The second-order valence-corrected chi connectivity index (χ2v) is 9.90. The summed E-state index contributed by atoms with van der Waals surface area (Å²) in [5.41, 5.74) is 7.33. The highest BCUT2D eigenvalue weighted by Gasteiger charge is 2.33. The number of hydrogen-bond acceptors (Lipinski definition) is 5. The molecule has 6 nitrogen and oxygen atoms in total. The van der Waals surface area contributed by atoms with Gasteiger partial charge in [0.1, 0.15) is 12.1 Å². The number of pyridine rings is 1. The molecule has 38 heavy (non-hydrogen) atoms. The van der Waals surface area contributed by atoms with Crippen LogP contribution in [-0.4, -0.2) is 31.8 Å². The van der Waals surface area contributed by atoms with Crippen molar-refractivity contribution >= 4 is 22.6 Å². The van der Waals surface area contributed by atoms with Gasteiger partial charge in [-0.2, -0.15) is 0 Å². The first-order valence-corrected chi connectivity index (χ1v) is 13.0. The first-order valence-electron chi connectivity index (χ1n) is 13.0. The number of benzene rings is 3. The summed E-state index contributed by atoms with van der Waals surface area (Å²) in [6.07, 6.45) is 7.06. The quantitative estimate of drug-likeness (QED) is 0.267. The zero-order chi connectivity index (χ0) is 25.9. The fourth-order valence-corrected chi connectivity index (χ4v) is 4.84. The van der Waals surface area contributed by atoms with Gasteiger partial charge in [0.15, 0.2) is 0 Å². The predicted molar refractivity (Wildman–Crippen MR) is 151 cm³/mol. The van der Waals surface area contributed by atoms with E-state index in [2.05, 4.69) is 87.9 Å². The summed E-state index contributed by atoms with van der Waals surface area (Å²) in [4.78, 5) is 28.3. The average molecular weight is 500 g/mol. The molecule has 6 rings (SSSR count). The molecule has 0 atom stereocenters. The van der Waals surface area contributed by atoms with Crippen LogP contribution in [0.5, 0.6) is 0 Å². The Morgan fingerprint density at radius 1 is 0.895 bits per heavy atom. The van der Waals surface area contributed by atoms with E-state index in [1.54, 1.807) is 30.9 Å². The fraction of sp³-hybridized carbons (Fsp3) is 0.188. The summed E-state index contributed by atoms with van der Waals surface area (Å²) in [6, 6.07) is 27.1. The summed E-state index contributed by atoms with van der Waals surface area (Å²) in [5, 5.41) is 4.48. The lowest BCUT2D eigenvalue weighted by Crippen LogP contribution is -2.32. The molecule has 1 saturated carbocycles. The highest BCUT2D eigenvalue weighted by Crippen LogP contribution is 2.32. The van der Waals surface area contributed by atoms with Crippen LogP contribution in [0.1, 0.15) is 39.9 Å². The van der Waals surface area contributed by atoms with Gasteiger partial charge in [0.25, 0.3) is 5.91 Å². The lowest BCUT2D eigenvalue weighted by molar-refractivity contribution is 0.0730. The topological polar surface area (TPSA) is 71.0 Å². The monoisotopic (exact) mass is 499 g/mol. The fourth-order valence-electron chi connectivity index (χ4n) is 4.84. The Balaban J connectivity index is 1.26. The van der Waals surface area contributed by atoms with Gasteiger partial charge in [-0.3, -0.25) is 9.78 Å². The van der Waals surface area contributed by atoms with Crippen LogP contribution in [0.25, 0.3) is 22.0 Å². The van der Waals surface area contributed by atoms with Crippen LogP contribution in [0.3, 0.4) is 0 Å². The number of anilines is 1. The maximum atomic E-state index is 13.2. The summed E-state index contributed by atoms with van der Waals surface area (Å²) in [6.45, 7) is 3.37. The van der Waals surface area contributed by atoms with Crippen molar-refractivity contribution < 1.29 is 4.79 Å². The second-order valence-electron chi connectivity index (χ2n) is 9.90. The van der Waals surface area contributed by atoms with Crippen LogP contribution in [-0.2, 0) is 13.1 Å². The number of carbonyl (C=O) groups excluding carboxylic acids is 1. The SMILES string of the molecule is Cc1cccc(CNc2ncnc3ccc(-c4cccc(CN(C(=O)c5ccncc5)C5CC5)c4)cc23)c1. The minimum absolute atomic E-state index is 0.0625. The highest BCUT2D eigenvalue weighted by molar-refractivity contribution is 5.94. The Labute approximate surface area is 222 Å². The standard InChI is InChI=1S/C32H29N5O/c1-22-4-2-5-23(16-22)19-34-31-29-18-27(8-11-30(29)35-21-36-31)26-7-3-6-24(17-26)20-37(28-9-10-28)32(38)25-12-14-33-15-13-25/h2-8,11-18,21,28H,9-10,19-20H2,1H3,(H,34,35,36). The van der Waals surface area contributed by atoms with E-state index in [0.717, 1.165) is 46.3 Å². The number of carbonyl (C=O) groups is 1. The number of fused-ring (bicyclic) bond motifs is 1. The first kappa shape index (κ1) is 23.8. The van der Waals surface area contributed by atoms with Crippen LogP contribution in [0, 0.1) is 6.92 Å². The molecule has 188 valence electrons. The van der Waals surface area contributed by atoms with E-state index in [1.165, 1.54) is 11.1 Å². The molecule has 2 heterocycles. The molecule has 1 fully saturated rings. The Morgan fingerprint density at radius 2 is 1.68 bits per heavy atom. The normalized spacial score (nSPS) is 12.9. The van der Waals surface area contributed by atoms with E-state index in [4.69, 9.17) is 0 Å². The molecule has 5 aromatic rings. The number of aromatic nitrogens is 3. The molecule has 1 amide bonds. The number of nitrogens with one attached hydrogen (secondary N) is 1. The third-order valence-electron chi connectivity index (χ3n) is 6.97. The summed E-state index contributed by atoms with van der Waals surface area (Å²) < 4.78 is 0. The van der Waals surface area contributed by atoms with Gasteiger partial charge >= 0.3 is 0 Å². The molecule has 1 N–H and O–H groups in total. The molecule has 2 aromatic heterocycles. The first-order chi connectivity index (χ1) is 18.6. The minimum Gasteiger partial charge on any atom is -0.365 e. The van der Waals surface area contributed by atoms with E-state index in [-0.39, 0.29) is 5.91 Å². The average Bonchev–Trinajstić information content (AvgIpc) is 3.80. The van der Waals surface area contributed by atoms with Crippen molar-refractivity contribution in [1.29, 1.82) is 0 Å². The van der Waals surface area contributed by atoms with Gasteiger partial charge in [0, 0.05) is 42.5 Å². The lowest BCUT2D eigenvalue weighted by Gasteiger charge is -2.23. The van der Waals surface area contributed by atoms with Gasteiger partial charge in [-0.05, 0) is 72.4 Å². The third kappa shape index (κ3) is 5.25. The molecular formula is C32H29N5O. The van der Waals surface area contributed by atoms with Gasteiger partial charge in [-0.25, -0.2) is 9.97 Å². The van der Waals surface area contributed by atoms with E-state index in [9.17, 15) is 4.79 Å². The van der Waals surface area contributed by atoms with Gasteiger partial charge in [0.2, 0.25) is 0 Å². The summed E-state index contributed by atoms with van der Waals surface area (Å²) >= 11 is 0. The van der Waals surface area contributed by atoms with Crippen molar-refractivity contribution in [3.63, 3.8) is 0 Å². The number of hydrogen-bond donors (Lipinski definition) is 1. The largest absolute Gasteiger partial charge is 0.365 e. The molecule has 0 bridgehead atoms. The maximum Gasteiger partial charge on any atom is 0.254 e. The molecule has 0 saturated heterocycles. The van der Waals surface area contributed by atoms with Crippen LogP contribution in [0.4, 0.5) is 5.82 Å². The molecule has 0 aliphatic heterocycles. The summed E-state index contributed by atoms with van der Waals surface area (Å²) in [7, 11) is 0. The Bertz CT molecular complexity index is 1600. The van der Waals surface area contributed by atoms with Crippen molar-refractivity contribution in [2.75, 3.05) is 5.32 Å². The third-order valence-corrected chi connectivity index (χ3v) is 6.97. The van der Waals surface area contributed by atoms with Crippen molar-refractivity contribution in [3.05, 3.63) is 120 Å². The molecule has 6 heteroatoms. The van der Waals surface area contributed by atoms with Crippen LogP contribution >= 0.6 is 0 Å². The number of nitrogens with zero attached hydrogens (tertiary/aromatic N) is 4. The zero-order valence-electron chi connectivity index (χ0n) is 21.3. The van der Waals surface area contributed by atoms with Crippen molar-refractivity contribution in [3.8, 4) is 11.1 Å². The van der Waals surface area contributed by atoms with Crippen LogP contribution in [0.15, 0.2) is 97.6 Å². The molecule has 1 aliphatic carbocycles. The zero-order valence-corrected chi connectivity index (χ0v) is 21.3. The number of aryl methyl sites for hydroxylation is 1.